The number of nitrogens with one attached hydrogen (secondary N) is 1. The Balaban J connectivity index is 1.91. The highest BCUT2D eigenvalue weighted by atomic mass is 19.4. The summed E-state index contributed by atoms with van der Waals surface area (Å²) in [6.07, 6.45) is -4.76. The smallest absolute Gasteiger partial charge is 0.379 e. The number of benzene rings is 1. The fourth-order valence-electron chi connectivity index (χ4n) is 3.01. The number of alkyl halides is 3. The Kier molecular flexibility index (Phi) is 6.65. The van der Waals surface area contributed by atoms with Crippen LogP contribution in [0, 0.1) is 5.82 Å². The van der Waals surface area contributed by atoms with Gasteiger partial charge in [-0.3, -0.25) is 14.8 Å². The lowest BCUT2D eigenvalue weighted by atomic mass is 9.98. The molecule has 2 N–H and O–H groups in total. The van der Waals surface area contributed by atoms with Gasteiger partial charge in [-0.05, 0) is 55.0 Å². The molecule has 3 aromatic rings. The van der Waals surface area contributed by atoms with E-state index < -0.39 is 29.6 Å². The molecule has 0 saturated carbocycles. The lowest BCUT2D eigenvalue weighted by Gasteiger charge is -2.18. The first-order chi connectivity index (χ1) is 14.6. The standard InChI is InChI=1S/C22H19F4N3O2/c1-13(8-18-4-2-3-7-27-18)29-21(31)16-10-14(19-6-5-17(23)12-28-19)9-15(11-16)20(30)22(24,25)26/h2-7,9-13,20,30H,8H2,1H3,(H,29,31). The Hall–Kier alpha value is -3.33. The number of carbonyl (C=O) groups is 1. The maximum absolute atomic E-state index is 13.2. The predicted octanol–water partition coefficient (Wildman–Crippen LogP) is 4.24. The van der Waals surface area contributed by atoms with Crippen LogP contribution in [-0.4, -0.2) is 33.2 Å². The Bertz CT molecular complexity index is 1040. The number of hydrogen-bond acceptors (Lipinski definition) is 4. The van der Waals surface area contributed by atoms with Crippen LogP contribution in [-0.2, 0) is 6.42 Å². The first-order valence-electron chi connectivity index (χ1n) is 9.36. The van der Waals surface area contributed by atoms with Crippen molar-refractivity contribution in [3.8, 4) is 11.3 Å². The molecule has 0 aliphatic carbocycles. The zero-order chi connectivity index (χ0) is 22.6. The van der Waals surface area contributed by atoms with Crippen molar-refractivity contribution in [2.24, 2.45) is 0 Å². The summed E-state index contributed by atoms with van der Waals surface area (Å²) in [5, 5.41) is 12.4. The fourth-order valence-corrected chi connectivity index (χ4v) is 3.01. The van der Waals surface area contributed by atoms with Crippen molar-refractivity contribution in [3.05, 3.63) is 83.6 Å². The van der Waals surface area contributed by atoms with Crippen LogP contribution in [0.4, 0.5) is 17.6 Å². The van der Waals surface area contributed by atoms with Crippen molar-refractivity contribution < 1.29 is 27.5 Å². The lowest BCUT2D eigenvalue weighted by Crippen LogP contribution is -2.34. The second kappa shape index (κ2) is 9.22. The molecule has 1 amide bonds. The van der Waals surface area contributed by atoms with Crippen LogP contribution in [0.3, 0.4) is 0 Å². The van der Waals surface area contributed by atoms with Gasteiger partial charge in [0.05, 0.1) is 11.9 Å². The van der Waals surface area contributed by atoms with Gasteiger partial charge in [0.1, 0.15) is 5.82 Å². The highest BCUT2D eigenvalue weighted by molar-refractivity contribution is 5.95. The molecule has 0 fully saturated rings. The van der Waals surface area contributed by atoms with E-state index in [-0.39, 0.29) is 22.9 Å². The zero-order valence-corrected chi connectivity index (χ0v) is 16.4. The van der Waals surface area contributed by atoms with E-state index in [1.807, 2.05) is 0 Å². The molecule has 5 nitrogen and oxygen atoms in total. The summed E-state index contributed by atoms with van der Waals surface area (Å²) in [7, 11) is 0. The molecule has 162 valence electrons. The normalized spacial score (nSPS) is 13.5. The summed E-state index contributed by atoms with van der Waals surface area (Å²) in [4.78, 5) is 20.8. The first kappa shape index (κ1) is 22.4. The number of hydrogen-bond donors (Lipinski definition) is 2. The summed E-state index contributed by atoms with van der Waals surface area (Å²) in [5.74, 6) is -1.24. The molecule has 2 aromatic heterocycles. The molecule has 0 aliphatic rings. The van der Waals surface area contributed by atoms with Gasteiger partial charge >= 0.3 is 6.18 Å². The van der Waals surface area contributed by atoms with Gasteiger partial charge in [-0.15, -0.1) is 0 Å². The molecule has 31 heavy (non-hydrogen) atoms. The molecule has 2 heterocycles. The van der Waals surface area contributed by atoms with Crippen molar-refractivity contribution in [1.29, 1.82) is 0 Å². The number of halogens is 4. The maximum atomic E-state index is 13.2. The minimum atomic E-state index is -4.92. The molecule has 0 radical (unpaired) electrons. The van der Waals surface area contributed by atoms with Gasteiger partial charge in [-0.1, -0.05) is 6.07 Å². The Morgan fingerprint density at radius 3 is 2.52 bits per heavy atom. The first-order valence-corrected chi connectivity index (χ1v) is 9.36. The van der Waals surface area contributed by atoms with Crippen molar-refractivity contribution >= 4 is 5.91 Å². The summed E-state index contributed by atoms with van der Waals surface area (Å²) in [5.41, 5.74) is 0.442. The molecule has 3 rings (SSSR count). The van der Waals surface area contributed by atoms with Crippen LogP contribution in [0.5, 0.6) is 0 Å². The third-order valence-electron chi connectivity index (χ3n) is 4.49. The van der Waals surface area contributed by atoms with Gasteiger partial charge in [-0.2, -0.15) is 13.2 Å². The molecule has 2 atom stereocenters. The van der Waals surface area contributed by atoms with Crippen molar-refractivity contribution in [2.45, 2.75) is 31.7 Å². The average Bonchev–Trinajstić information content (AvgIpc) is 2.73. The van der Waals surface area contributed by atoms with Gasteiger partial charge in [0.2, 0.25) is 0 Å². The molecule has 0 spiro atoms. The molecule has 0 saturated heterocycles. The Morgan fingerprint density at radius 2 is 1.90 bits per heavy atom. The van der Waals surface area contributed by atoms with Crippen LogP contribution < -0.4 is 5.32 Å². The van der Waals surface area contributed by atoms with Crippen molar-refractivity contribution in [3.63, 3.8) is 0 Å². The van der Waals surface area contributed by atoms with Gasteiger partial charge in [0.15, 0.2) is 6.10 Å². The second-order valence-electron chi connectivity index (χ2n) is 7.05. The molecular weight excluding hydrogens is 414 g/mol. The van der Waals surface area contributed by atoms with Gasteiger partial charge in [-0.25, -0.2) is 4.39 Å². The molecule has 0 aliphatic heterocycles. The van der Waals surface area contributed by atoms with E-state index in [9.17, 15) is 27.5 Å². The molecule has 1 aromatic carbocycles. The number of aliphatic hydroxyl groups is 1. The number of rotatable bonds is 6. The van der Waals surface area contributed by atoms with Gasteiger partial charge in [0.25, 0.3) is 5.91 Å². The summed E-state index contributed by atoms with van der Waals surface area (Å²) < 4.78 is 52.4. The topological polar surface area (TPSA) is 75.1 Å². The number of nitrogens with zero attached hydrogens (tertiary/aromatic N) is 2. The third kappa shape index (κ3) is 5.85. The minimum Gasteiger partial charge on any atom is -0.379 e. The quantitative estimate of drug-likeness (QED) is 0.571. The SMILES string of the molecule is CC(Cc1ccccn1)NC(=O)c1cc(-c2ccc(F)cn2)cc(C(O)C(F)(F)F)c1. The van der Waals surface area contributed by atoms with Crippen molar-refractivity contribution in [2.75, 3.05) is 0 Å². The highest BCUT2D eigenvalue weighted by Gasteiger charge is 2.39. The van der Waals surface area contributed by atoms with Crippen LogP contribution in [0.15, 0.2) is 60.9 Å². The van der Waals surface area contributed by atoms with Crippen LogP contribution >= 0.6 is 0 Å². The number of aromatic nitrogens is 2. The van der Waals surface area contributed by atoms with E-state index in [0.717, 1.165) is 30.1 Å². The monoisotopic (exact) mass is 433 g/mol. The summed E-state index contributed by atoms with van der Waals surface area (Å²) in [6, 6.07) is 10.8. The van der Waals surface area contributed by atoms with E-state index in [1.165, 1.54) is 12.1 Å². The van der Waals surface area contributed by atoms with Crippen LogP contribution in [0.25, 0.3) is 11.3 Å². The maximum Gasteiger partial charge on any atom is 0.418 e. The molecule has 0 bridgehead atoms. The minimum absolute atomic E-state index is 0.0882. The van der Waals surface area contributed by atoms with Gasteiger partial charge in [0, 0.05) is 35.5 Å². The largest absolute Gasteiger partial charge is 0.418 e. The Morgan fingerprint density at radius 1 is 1.13 bits per heavy atom. The van der Waals surface area contributed by atoms with E-state index in [1.54, 1.807) is 31.3 Å². The summed E-state index contributed by atoms with van der Waals surface area (Å²) >= 11 is 0. The van der Waals surface area contributed by atoms with Crippen LogP contribution in [0.1, 0.15) is 34.6 Å². The van der Waals surface area contributed by atoms with Gasteiger partial charge < -0.3 is 10.4 Å². The number of pyridine rings is 2. The third-order valence-corrected chi connectivity index (χ3v) is 4.49. The lowest BCUT2D eigenvalue weighted by molar-refractivity contribution is -0.206. The predicted molar refractivity (Wildman–Crippen MR) is 106 cm³/mol. The average molecular weight is 433 g/mol. The highest BCUT2D eigenvalue weighted by Crippen LogP contribution is 2.34. The number of amides is 1. The molecular formula is C22H19F4N3O2. The van der Waals surface area contributed by atoms with E-state index >= 15 is 0 Å². The number of carbonyl (C=O) groups excluding carboxylic acids is 1. The second-order valence-corrected chi connectivity index (χ2v) is 7.05. The summed E-state index contributed by atoms with van der Waals surface area (Å²) in [6.45, 7) is 1.74. The van der Waals surface area contributed by atoms with Crippen LogP contribution in [0.2, 0.25) is 0 Å². The van der Waals surface area contributed by atoms with E-state index in [0.29, 0.717) is 6.42 Å². The zero-order valence-electron chi connectivity index (χ0n) is 16.4. The van der Waals surface area contributed by atoms with E-state index in [4.69, 9.17) is 0 Å². The molecule has 9 heteroatoms. The molecule has 2 unspecified atom stereocenters. The number of aliphatic hydroxyl groups excluding tert-OH is 1. The Labute approximate surface area is 175 Å². The van der Waals surface area contributed by atoms with Crippen molar-refractivity contribution in [1.82, 2.24) is 15.3 Å². The van der Waals surface area contributed by atoms with E-state index in [2.05, 4.69) is 15.3 Å². The fraction of sp³-hybridized carbons (Fsp3) is 0.227.